The minimum absolute atomic E-state index is 0.0470. The van der Waals surface area contributed by atoms with Gasteiger partial charge >= 0.3 is 0 Å². The van der Waals surface area contributed by atoms with E-state index in [2.05, 4.69) is 88.5 Å². The van der Waals surface area contributed by atoms with Crippen molar-refractivity contribution >= 4 is 8.32 Å². The molecule has 0 saturated carbocycles. The molecule has 4 saturated heterocycles. The van der Waals surface area contributed by atoms with Crippen molar-refractivity contribution in [2.75, 3.05) is 20.3 Å². The molecule has 0 unspecified atom stereocenters. The zero-order valence-electron chi connectivity index (χ0n) is 38.5. The first-order valence-corrected chi connectivity index (χ1v) is 26.6. The van der Waals surface area contributed by atoms with E-state index >= 15 is 0 Å². The topological polar surface area (TPSA) is 92.3 Å². The fourth-order valence-corrected chi connectivity index (χ4v) is 10.5. The first-order chi connectivity index (χ1) is 30.5. The van der Waals surface area contributed by atoms with Crippen LogP contribution in [0.15, 0.2) is 96.8 Å². The Kier molecular flexibility index (Phi) is 15.8. The van der Waals surface area contributed by atoms with E-state index in [1.165, 1.54) is 0 Å². The second-order valence-electron chi connectivity index (χ2n) is 19.7. The summed E-state index contributed by atoms with van der Waals surface area (Å²) in [6.45, 7) is 13.8. The predicted octanol–water partition coefficient (Wildman–Crippen LogP) is 10.8. The number of methoxy groups -OCH3 is 1. The number of hydrogen-bond acceptors (Lipinski definition) is 10. The van der Waals surface area contributed by atoms with Crippen LogP contribution in [0.4, 0.5) is 0 Å². The fraction of sp³-hybridized carbons (Fsp3) is 0.615. The average Bonchev–Trinajstić information content (AvgIpc) is 3.67. The maximum absolute atomic E-state index is 7.27. The smallest absolute Gasteiger partial charge is 0.191 e. The summed E-state index contributed by atoms with van der Waals surface area (Å²) in [5.41, 5.74) is 3.27. The molecular weight excluding hydrogens is 813 g/mol. The van der Waals surface area contributed by atoms with Gasteiger partial charge in [0.2, 0.25) is 0 Å². The second kappa shape index (κ2) is 21.5. The van der Waals surface area contributed by atoms with Crippen LogP contribution in [0.2, 0.25) is 18.1 Å². The first-order valence-electron chi connectivity index (χ1n) is 23.7. The van der Waals surface area contributed by atoms with E-state index in [0.717, 1.165) is 92.6 Å². The lowest BCUT2D eigenvalue weighted by atomic mass is 9.93. The second-order valence-corrected chi connectivity index (χ2v) is 24.5. The average molecular weight is 885 g/mol. The molecule has 0 amide bonds. The van der Waals surface area contributed by atoms with Crippen LogP contribution in [0.3, 0.4) is 0 Å². The Morgan fingerprint density at radius 2 is 1.30 bits per heavy atom. The summed E-state index contributed by atoms with van der Waals surface area (Å²) in [7, 11) is -0.166. The van der Waals surface area contributed by atoms with E-state index in [4.69, 9.17) is 47.1 Å². The molecule has 5 heterocycles. The van der Waals surface area contributed by atoms with Gasteiger partial charge in [-0.15, -0.1) is 0 Å². The van der Waals surface area contributed by atoms with E-state index in [9.17, 15) is 0 Å². The van der Waals surface area contributed by atoms with Crippen molar-refractivity contribution in [2.24, 2.45) is 0 Å². The molecule has 3 aromatic rings. The van der Waals surface area contributed by atoms with Crippen molar-refractivity contribution in [3.8, 4) is 5.75 Å². The molecule has 0 spiro atoms. The molecule has 11 heteroatoms. The van der Waals surface area contributed by atoms with E-state index in [1.807, 2.05) is 36.4 Å². The minimum atomic E-state index is -1.86. The first kappa shape index (κ1) is 46.4. The maximum atomic E-state index is 7.27. The van der Waals surface area contributed by atoms with E-state index in [-0.39, 0.29) is 72.4 Å². The van der Waals surface area contributed by atoms with Crippen molar-refractivity contribution in [1.82, 2.24) is 0 Å². The van der Waals surface area contributed by atoms with Gasteiger partial charge in [-0.2, -0.15) is 0 Å². The lowest BCUT2D eigenvalue weighted by Crippen LogP contribution is -2.49. The predicted molar refractivity (Wildman–Crippen MR) is 245 cm³/mol. The maximum Gasteiger partial charge on any atom is 0.191 e. The zero-order valence-corrected chi connectivity index (χ0v) is 39.5. The third kappa shape index (κ3) is 12.2. The largest absolute Gasteiger partial charge is 0.497 e. The van der Waals surface area contributed by atoms with Gasteiger partial charge in [0.15, 0.2) is 14.6 Å². The summed E-state index contributed by atoms with van der Waals surface area (Å²) in [6, 6.07) is 28.7. The van der Waals surface area contributed by atoms with Crippen molar-refractivity contribution in [3.05, 3.63) is 113 Å². The molecule has 5 aliphatic heterocycles. The number of ether oxygens (including phenoxy) is 9. The van der Waals surface area contributed by atoms with Gasteiger partial charge in [0, 0.05) is 25.0 Å². The van der Waals surface area contributed by atoms with Crippen LogP contribution in [-0.4, -0.2) is 89.7 Å². The quantitative estimate of drug-likeness (QED) is 0.109. The van der Waals surface area contributed by atoms with Gasteiger partial charge in [0.1, 0.15) is 18.0 Å². The molecule has 0 aliphatic carbocycles. The highest BCUT2D eigenvalue weighted by Gasteiger charge is 2.46. The highest BCUT2D eigenvalue weighted by atomic mass is 28.4. The van der Waals surface area contributed by atoms with Gasteiger partial charge in [-0.3, -0.25) is 0 Å². The van der Waals surface area contributed by atoms with Crippen LogP contribution in [0.5, 0.6) is 5.75 Å². The SMILES string of the molecule is COc1ccc(CO[C@H]2CC[C@H]3O[C@@H](CCCO[Si](C)(C)C(C)(C)C)[C@H](OCc4ccccc4)C[C@@H]3O[C@@H]2CC2=CCC[C@@H]3O[C@@H]4CO[C@@H](c5ccccc5)O[C@H]4CC[C@H]3O2)cc1. The van der Waals surface area contributed by atoms with Gasteiger partial charge in [-0.1, -0.05) is 93.6 Å². The molecule has 3 aromatic carbocycles. The van der Waals surface area contributed by atoms with Crippen molar-refractivity contribution in [3.63, 3.8) is 0 Å². The Balaban J connectivity index is 0.962. The fourth-order valence-electron chi connectivity index (χ4n) is 9.42. The number of hydrogen-bond donors (Lipinski definition) is 0. The van der Waals surface area contributed by atoms with Crippen LogP contribution in [0, 0.1) is 0 Å². The van der Waals surface area contributed by atoms with Crippen LogP contribution >= 0.6 is 0 Å². The Hall–Kier alpha value is -3.10. The molecule has 0 radical (unpaired) electrons. The van der Waals surface area contributed by atoms with Gasteiger partial charge in [0.05, 0.1) is 81.5 Å². The minimum Gasteiger partial charge on any atom is -0.497 e. The monoisotopic (exact) mass is 884 g/mol. The standard InChI is InChI=1S/C52H72O10Si/c1-52(2,3)63(5,6)57-30-14-21-43-47(55-33-36-15-9-7-10-16-36)32-49-45(59-43)27-26-41(54-34-37-22-24-39(53-4)25-23-37)48(61-49)31-40-19-13-20-42-44(58-40)28-29-46-50(60-42)35-56-51(62-46)38-17-11-8-12-18-38/h7-12,15-19,22-25,41-51H,13-14,20-21,26-35H2,1-6H3/t41-,42-,43-,44+,45+,46-,47+,48+,49-,50+,51+/m0/s1. The summed E-state index contributed by atoms with van der Waals surface area (Å²) in [5, 5.41) is 0.169. The van der Waals surface area contributed by atoms with Gasteiger partial charge in [-0.05, 0) is 98.8 Å². The lowest BCUT2D eigenvalue weighted by molar-refractivity contribution is -0.270. The molecule has 11 atom stereocenters. The molecule has 63 heavy (non-hydrogen) atoms. The van der Waals surface area contributed by atoms with Crippen molar-refractivity contribution < 1.29 is 47.1 Å². The summed E-state index contributed by atoms with van der Waals surface area (Å²) >= 11 is 0. The van der Waals surface area contributed by atoms with E-state index in [1.54, 1.807) is 7.11 Å². The molecule has 8 rings (SSSR count). The molecule has 344 valence electrons. The number of allylic oxidation sites excluding steroid dienone is 1. The van der Waals surface area contributed by atoms with Gasteiger partial charge < -0.3 is 47.1 Å². The van der Waals surface area contributed by atoms with E-state index < -0.39 is 8.32 Å². The number of fused-ring (bicyclic) bond motifs is 3. The molecular formula is C52H72O10Si. The summed E-state index contributed by atoms with van der Waals surface area (Å²) < 4.78 is 66.5. The molecule has 0 N–H and O–H groups in total. The Morgan fingerprint density at radius 3 is 2.05 bits per heavy atom. The Morgan fingerprint density at radius 1 is 0.651 bits per heavy atom. The molecule has 5 aliphatic rings. The summed E-state index contributed by atoms with van der Waals surface area (Å²) in [4.78, 5) is 0. The summed E-state index contributed by atoms with van der Waals surface area (Å²) in [5.74, 6) is 1.78. The highest BCUT2D eigenvalue weighted by molar-refractivity contribution is 6.74. The zero-order chi connectivity index (χ0) is 43.8. The Bertz CT molecular complexity index is 1870. The lowest BCUT2D eigenvalue weighted by Gasteiger charge is -2.42. The number of benzene rings is 3. The third-order valence-corrected chi connectivity index (χ3v) is 18.7. The van der Waals surface area contributed by atoms with Crippen LogP contribution in [0.1, 0.15) is 108 Å². The summed E-state index contributed by atoms with van der Waals surface area (Å²) in [6.07, 6.45) is 8.96. The molecule has 4 fully saturated rings. The van der Waals surface area contributed by atoms with Crippen molar-refractivity contribution in [2.45, 2.75) is 184 Å². The van der Waals surface area contributed by atoms with Gasteiger partial charge in [-0.25, -0.2) is 0 Å². The van der Waals surface area contributed by atoms with Crippen LogP contribution in [0.25, 0.3) is 0 Å². The van der Waals surface area contributed by atoms with Crippen molar-refractivity contribution in [1.29, 1.82) is 0 Å². The Labute approximate surface area is 377 Å². The van der Waals surface area contributed by atoms with Crippen LogP contribution in [-0.2, 0) is 55.5 Å². The highest BCUT2D eigenvalue weighted by Crippen LogP contribution is 2.41. The van der Waals surface area contributed by atoms with Gasteiger partial charge in [0.25, 0.3) is 0 Å². The van der Waals surface area contributed by atoms with Crippen LogP contribution < -0.4 is 4.74 Å². The third-order valence-electron chi connectivity index (χ3n) is 14.2. The van der Waals surface area contributed by atoms with E-state index in [0.29, 0.717) is 26.2 Å². The molecule has 0 bridgehead atoms. The molecule has 0 aromatic heterocycles. The molecule has 10 nitrogen and oxygen atoms in total. The number of rotatable bonds is 15. The normalized spacial score (nSPS) is 31.5.